The van der Waals surface area contributed by atoms with Gasteiger partial charge in [-0.25, -0.2) is 0 Å². The fourth-order valence-corrected chi connectivity index (χ4v) is 5.87. The van der Waals surface area contributed by atoms with Crippen molar-refractivity contribution in [3.63, 3.8) is 0 Å². The Labute approximate surface area is 145 Å². The van der Waals surface area contributed by atoms with E-state index in [1.807, 2.05) is 0 Å². The third kappa shape index (κ3) is 2.32. The number of likely N-dealkylation sites (tertiary alicyclic amines) is 1. The Hall–Kier alpha value is -1.06. The van der Waals surface area contributed by atoms with Crippen LogP contribution in [0.15, 0.2) is 18.2 Å². The lowest BCUT2D eigenvalue weighted by molar-refractivity contribution is 0.0120. The average molecular weight is 326 g/mol. The van der Waals surface area contributed by atoms with Gasteiger partial charge in [-0.2, -0.15) is 0 Å². The molecule has 3 fully saturated rings. The Bertz CT molecular complexity index is 626. The molecule has 2 aliphatic carbocycles. The maximum absolute atomic E-state index is 5.58. The molecular weight excluding hydrogens is 296 g/mol. The van der Waals surface area contributed by atoms with E-state index in [2.05, 4.69) is 28.4 Å². The number of nitrogens with one attached hydrogen (secondary N) is 1. The van der Waals surface area contributed by atoms with Crippen molar-refractivity contribution in [1.29, 1.82) is 0 Å². The van der Waals surface area contributed by atoms with Gasteiger partial charge in [-0.3, -0.25) is 4.90 Å². The van der Waals surface area contributed by atoms with Gasteiger partial charge in [-0.05, 0) is 86.7 Å². The standard InChI is InChI=1S/C21H30N2O/c1-24-17-7-6-16-11-20-18-3-2-9-22-14-21(18,19(16)12-17)8-10-23(20)13-15-4-5-15/h6-7,12,15,18,20,22H,2-5,8-11,13-14H2,1H3. The van der Waals surface area contributed by atoms with Crippen LogP contribution in [0.2, 0.25) is 0 Å². The maximum Gasteiger partial charge on any atom is 0.119 e. The highest BCUT2D eigenvalue weighted by Gasteiger charge is 2.53. The average Bonchev–Trinajstić information content (AvgIpc) is 3.43. The monoisotopic (exact) mass is 326 g/mol. The van der Waals surface area contributed by atoms with Crippen LogP contribution in [0.1, 0.15) is 43.2 Å². The molecule has 0 spiro atoms. The minimum atomic E-state index is 0.337. The molecule has 4 aliphatic rings. The lowest BCUT2D eigenvalue weighted by atomic mass is 9.56. The maximum atomic E-state index is 5.58. The van der Waals surface area contributed by atoms with E-state index in [9.17, 15) is 0 Å². The Morgan fingerprint density at radius 2 is 2.21 bits per heavy atom. The van der Waals surface area contributed by atoms with Gasteiger partial charge in [-0.15, -0.1) is 0 Å². The summed E-state index contributed by atoms with van der Waals surface area (Å²) in [4.78, 5) is 2.87. The molecule has 0 radical (unpaired) electrons. The van der Waals surface area contributed by atoms with E-state index < -0.39 is 0 Å². The predicted octanol–water partition coefficient (Wildman–Crippen LogP) is 2.97. The molecule has 1 aromatic rings. The molecule has 2 aliphatic heterocycles. The predicted molar refractivity (Wildman–Crippen MR) is 96.7 cm³/mol. The van der Waals surface area contributed by atoms with Gasteiger partial charge in [0.25, 0.3) is 0 Å². The van der Waals surface area contributed by atoms with E-state index in [4.69, 9.17) is 4.74 Å². The summed E-state index contributed by atoms with van der Waals surface area (Å²) < 4.78 is 5.58. The van der Waals surface area contributed by atoms with Gasteiger partial charge in [-0.1, -0.05) is 6.07 Å². The number of benzene rings is 1. The Morgan fingerprint density at radius 3 is 3.04 bits per heavy atom. The van der Waals surface area contributed by atoms with Crippen molar-refractivity contribution in [3.05, 3.63) is 29.3 Å². The summed E-state index contributed by atoms with van der Waals surface area (Å²) in [5.74, 6) is 2.85. The lowest BCUT2D eigenvalue weighted by Gasteiger charge is -2.56. The van der Waals surface area contributed by atoms with Crippen molar-refractivity contribution < 1.29 is 4.74 Å². The summed E-state index contributed by atoms with van der Waals surface area (Å²) in [6, 6.07) is 7.65. The van der Waals surface area contributed by atoms with Crippen LogP contribution in [0, 0.1) is 11.8 Å². The Balaban J connectivity index is 1.58. The molecule has 1 saturated carbocycles. The molecule has 1 N–H and O–H groups in total. The number of piperidine rings is 1. The molecule has 1 aromatic carbocycles. The van der Waals surface area contributed by atoms with Crippen molar-refractivity contribution in [2.24, 2.45) is 11.8 Å². The van der Waals surface area contributed by atoms with E-state index in [1.54, 1.807) is 18.2 Å². The van der Waals surface area contributed by atoms with E-state index >= 15 is 0 Å². The number of rotatable bonds is 3. The number of methoxy groups -OCH3 is 1. The van der Waals surface area contributed by atoms with E-state index in [-0.39, 0.29) is 0 Å². The SMILES string of the molecule is COc1ccc2c(c1)C13CCN(CC4CC4)C(C2)C1CCCNC3. The van der Waals surface area contributed by atoms with E-state index in [1.165, 1.54) is 58.2 Å². The first-order valence-electron chi connectivity index (χ1n) is 9.92. The molecule has 2 bridgehead atoms. The van der Waals surface area contributed by atoms with Crippen molar-refractivity contribution >= 4 is 0 Å². The van der Waals surface area contributed by atoms with Crippen LogP contribution in [0.4, 0.5) is 0 Å². The minimum absolute atomic E-state index is 0.337. The highest BCUT2D eigenvalue weighted by molar-refractivity contribution is 5.46. The highest BCUT2D eigenvalue weighted by Crippen LogP contribution is 2.52. The minimum Gasteiger partial charge on any atom is -0.497 e. The molecule has 3 nitrogen and oxygen atoms in total. The van der Waals surface area contributed by atoms with Gasteiger partial charge < -0.3 is 10.1 Å². The molecule has 3 heteroatoms. The van der Waals surface area contributed by atoms with Crippen LogP contribution in [0.5, 0.6) is 5.75 Å². The largest absolute Gasteiger partial charge is 0.497 e. The second kappa shape index (κ2) is 5.74. The highest BCUT2D eigenvalue weighted by atomic mass is 16.5. The second-order valence-electron chi connectivity index (χ2n) is 8.56. The molecule has 0 aromatic heterocycles. The van der Waals surface area contributed by atoms with Crippen LogP contribution >= 0.6 is 0 Å². The van der Waals surface area contributed by atoms with Gasteiger partial charge in [0.15, 0.2) is 0 Å². The van der Waals surface area contributed by atoms with Gasteiger partial charge in [0.2, 0.25) is 0 Å². The van der Waals surface area contributed by atoms with Crippen LogP contribution in [-0.2, 0) is 11.8 Å². The number of nitrogens with zero attached hydrogens (tertiary/aromatic N) is 1. The fourth-order valence-electron chi connectivity index (χ4n) is 5.87. The molecule has 3 unspecified atom stereocenters. The Kier molecular flexibility index (Phi) is 3.64. The number of hydrogen-bond donors (Lipinski definition) is 1. The molecular formula is C21H30N2O. The zero-order valence-electron chi connectivity index (χ0n) is 14.9. The normalized spacial score (nSPS) is 35.7. The van der Waals surface area contributed by atoms with Crippen molar-refractivity contribution in [2.75, 3.05) is 33.3 Å². The fraction of sp³-hybridized carbons (Fsp3) is 0.714. The molecule has 5 rings (SSSR count). The molecule has 2 saturated heterocycles. The summed E-state index contributed by atoms with van der Waals surface area (Å²) in [6.45, 7) is 4.99. The number of fused-ring (bicyclic) bond motifs is 1. The summed E-state index contributed by atoms with van der Waals surface area (Å²) in [7, 11) is 1.80. The van der Waals surface area contributed by atoms with Crippen molar-refractivity contribution in [2.45, 2.75) is 50.0 Å². The molecule has 24 heavy (non-hydrogen) atoms. The first-order chi connectivity index (χ1) is 11.8. The zero-order valence-corrected chi connectivity index (χ0v) is 14.9. The summed E-state index contributed by atoms with van der Waals surface area (Å²) in [6.07, 6.45) is 8.21. The molecule has 2 heterocycles. The van der Waals surface area contributed by atoms with Crippen LogP contribution in [0.25, 0.3) is 0 Å². The summed E-state index contributed by atoms with van der Waals surface area (Å²) in [5, 5.41) is 3.78. The Morgan fingerprint density at radius 1 is 1.29 bits per heavy atom. The smallest absolute Gasteiger partial charge is 0.119 e. The molecule has 0 amide bonds. The van der Waals surface area contributed by atoms with Crippen molar-refractivity contribution in [3.8, 4) is 5.75 Å². The third-order valence-electron chi connectivity index (χ3n) is 7.27. The van der Waals surface area contributed by atoms with Gasteiger partial charge in [0, 0.05) is 24.5 Å². The quantitative estimate of drug-likeness (QED) is 0.924. The van der Waals surface area contributed by atoms with Gasteiger partial charge >= 0.3 is 0 Å². The van der Waals surface area contributed by atoms with Gasteiger partial charge in [0.05, 0.1) is 7.11 Å². The molecule has 130 valence electrons. The van der Waals surface area contributed by atoms with E-state index in [0.29, 0.717) is 5.41 Å². The van der Waals surface area contributed by atoms with Crippen LogP contribution < -0.4 is 10.1 Å². The summed E-state index contributed by atoms with van der Waals surface area (Å²) >= 11 is 0. The van der Waals surface area contributed by atoms with Crippen LogP contribution in [-0.4, -0.2) is 44.2 Å². The third-order valence-corrected chi connectivity index (χ3v) is 7.27. The topological polar surface area (TPSA) is 24.5 Å². The number of ether oxygens (including phenoxy) is 1. The van der Waals surface area contributed by atoms with E-state index in [0.717, 1.165) is 30.2 Å². The zero-order chi connectivity index (χ0) is 16.1. The summed E-state index contributed by atoms with van der Waals surface area (Å²) in [5.41, 5.74) is 3.52. The first-order valence-corrected chi connectivity index (χ1v) is 9.92. The van der Waals surface area contributed by atoms with Gasteiger partial charge in [0.1, 0.15) is 5.75 Å². The first kappa shape index (κ1) is 15.2. The second-order valence-corrected chi connectivity index (χ2v) is 8.56. The lowest BCUT2D eigenvalue weighted by Crippen LogP contribution is -2.62. The molecule has 3 atom stereocenters. The number of hydrogen-bond acceptors (Lipinski definition) is 3. The van der Waals surface area contributed by atoms with Crippen LogP contribution in [0.3, 0.4) is 0 Å². The van der Waals surface area contributed by atoms with Crippen molar-refractivity contribution in [1.82, 2.24) is 10.2 Å².